The maximum Gasteiger partial charge on any atom is 0.511 e. The predicted molar refractivity (Wildman–Crippen MR) is 111 cm³/mol. The van der Waals surface area contributed by atoms with Crippen molar-refractivity contribution >= 4 is 18.0 Å². The van der Waals surface area contributed by atoms with E-state index in [1.165, 1.54) is 11.8 Å². The smallest absolute Gasteiger partial charge is 0.431 e. The van der Waals surface area contributed by atoms with Crippen LogP contribution in [0.25, 0.3) is 0 Å². The Balaban J connectivity index is 1.46. The molecule has 1 amide bonds. The lowest BCUT2D eigenvalue weighted by molar-refractivity contribution is -0.174. The first kappa shape index (κ1) is 23.0. The molecule has 9 heteroatoms. The molecule has 2 aliphatic heterocycles. The van der Waals surface area contributed by atoms with Crippen molar-refractivity contribution in [1.82, 2.24) is 4.90 Å². The number of esters is 1. The Labute approximate surface area is 188 Å². The topological polar surface area (TPSA) is 112 Å². The maximum absolute atomic E-state index is 13.1. The third-order valence-electron chi connectivity index (χ3n) is 7.19. The van der Waals surface area contributed by atoms with Gasteiger partial charge < -0.3 is 29.0 Å². The Kier molecular flexibility index (Phi) is 6.76. The highest BCUT2D eigenvalue weighted by molar-refractivity contribution is 6.01. The number of methoxy groups -OCH3 is 1. The summed E-state index contributed by atoms with van der Waals surface area (Å²) in [5.74, 6) is -1.62. The quantitative estimate of drug-likeness (QED) is 0.373. The Morgan fingerprint density at radius 3 is 2.41 bits per heavy atom. The van der Waals surface area contributed by atoms with Gasteiger partial charge in [0.15, 0.2) is 0 Å². The van der Waals surface area contributed by atoms with Gasteiger partial charge in [0.1, 0.15) is 11.8 Å². The van der Waals surface area contributed by atoms with Gasteiger partial charge in [0.25, 0.3) is 0 Å². The average molecular weight is 452 g/mol. The normalized spacial score (nSPS) is 31.9. The van der Waals surface area contributed by atoms with Gasteiger partial charge in [-0.3, -0.25) is 4.79 Å². The Morgan fingerprint density at radius 2 is 1.75 bits per heavy atom. The first-order chi connectivity index (χ1) is 15.3. The number of fused-ring (bicyclic) bond motifs is 3. The highest BCUT2D eigenvalue weighted by atomic mass is 16.8. The second-order valence-corrected chi connectivity index (χ2v) is 9.25. The van der Waals surface area contributed by atoms with E-state index in [2.05, 4.69) is 0 Å². The van der Waals surface area contributed by atoms with E-state index in [9.17, 15) is 19.5 Å². The number of rotatable bonds is 6. The second kappa shape index (κ2) is 9.39. The minimum Gasteiger partial charge on any atom is -0.431 e. The number of aliphatic hydroxyl groups excluding tert-OH is 1. The standard InChI is InChI=1S/C23H33NO8/c1-12(25)17-19-15-10-7-11-16(29-3)18(15)20(24(19)21(17)26)22(27)30-13(2)31-23(28)32-14-8-5-4-6-9-14/h12-17,19,25H,4-11H2,1-3H3/t12-,13+,15?,16?,17?,19?/m1/s1. The minimum absolute atomic E-state index is 0.0546. The molecular formula is C23H33NO8. The lowest BCUT2D eigenvalue weighted by Crippen LogP contribution is -2.64. The Hall–Kier alpha value is -2.13. The zero-order valence-electron chi connectivity index (χ0n) is 19.0. The summed E-state index contributed by atoms with van der Waals surface area (Å²) in [6, 6.07) is -0.273. The van der Waals surface area contributed by atoms with Gasteiger partial charge in [-0.15, -0.1) is 0 Å². The van der Waals surface area contributed by atoms with Crippen molar-refractivity contribution in [2.75, 3.05) is 7.11 Å². The molecule has 1 saturated heterocycles. The summed E-state index contributed by atoms with van der Waals surface area (Å²) < 4.78 is 21.5. The first-order valence-electron chi connectivity index (χ1n) is 11.7. The molecule has 2 heterocycles. The summed E-state index contributed by atoms with van der Waals surface area (Å²) in [5.41, 5.74) is 0.923. The van der Waals surface area contributed by atoms with Crippen LogP contribution in [-0.2, 0) is 28.5 Å². The number of aliphatic hydroxyl groups is 1. The van der Waals surface area contributed by atoms with Crippen molar-refractivity contribution in [3.63, 3.8) is 0 Å². The van der Waals surface area contributed by atoms with E-state index in [-0.39, 0.29) is 35.8 Å². The van der Waals surface area contributed by atoms with Crippen LogP contribution in [0, 0.1) is 11.8 Å². The fraction of sp³-hybridized carbons (Fsp3) is 0.783. The molecule has 3 fully saturated rings. The van der Waals surface area contributed by atoms with Crippen molar-refractivity contribution in [3.05, 3.63) is 11.3 Å². The van der Waals surface area contributed by atoms with E-state index in [1.807, 2.05) is 0 Å². The molecule has 4 rings (SSSR count). The number of carbonyl (C=O) groups excluding carboxylic acids is 3. The lowest BCUT2D eigenvalue weighted by Gasteiger charge is -2.47. The van der Waals surface area contributed by atoms with Gasteiger partial charge in [-0.25, -0.2) is 9.59 Å². The van der Waals surface area contributed by atoms with Gasteiger partial charge in [0.2, 0.25) is 12.2 Å². The van der Waals surface area contributed by atoms with Crippen LogP contribution < -0.4 is 0 Å². The molecule has 2 aliphatic carbocycles. The third-order valence-corrected chi connectivity index (χ3v) is 7.19. The molecule has 2 saturated carbocycles. The Morgan fingerprint density at radius 1 is 1.03 bits per heavy atom. The van der Waals surface area contributed by atoms with Crippen LogP contribution in [0.3, 0.4) is 0 Å². The van der Waals surface area contributed by atoms with Crippen molar-refractivity contribution in [2.24, 2.45) is 11.8 Å². The van der Waals surface area contributed by atoms with Crippen molar-refractivity contribution in [3.8, 4) is 0 Å². The largest absolute Gasteiger partial charge is 0.511 e. The van der Waals surface area contributed by atoms with Gasteiger partial charge in [0.05, 0.1) is 24.2 Å². The van der Waals surface area contributed by atoms with Gasteiger partial charge >= 0.3 is 12.1 Å². The summed E-state index contributed by atoms with van der Waals surface area (Å²) >= 11 is 0. The molecule has 32 heavy (non-hydrogen) atoms. The van der Waals surface area contributed by atoms with E-state index in [4.69, 9.17) is 18.9 Å². The monoisotopic (exact) mass is 451 g/mol. The summed E-state index contributed by atoms with van der Waals surface area (Å²) in [5, 5.41) is 10.1. The van der Waals surface area contributed by atoms with E-state index in [0.29, 0.717) is 0 Å². The number of carbonyl (C=O) groups is 3. The van der Waals surface area contributed by atoms with Crippen LogP contribution in [0.4, 0.5) is 4.79 Å². The summed E-state index contributed by atoms with van der Waals surface area (Å²) in [6.07, 6.45) is 3.94. The lowest BCUT2D eigenvalue weighted by atomic mass is 9.72. The molecule has 0 bridgehead atoms. The molecule has 178 valence electrons. The maximum atomic E-state index is 13.1. The second-order valence-electron chi connectivity index (χ2n) is 9.25. The molecule has 6 atom stereocenters. The van der Waals surface area contributed by atoms with E-state index >= 15 is 0 Å². The van der Waals surface area contributed by atoms with Crippen LogP contribution >= 0.6 is 0 Å². The zero-order chi connectivity index (χ0) is 23.0. The van der Waals surface area contributed by atoms with Gasteiger partial charge in [-0.2, -0.15) is 0 Å². The van der Waals surface area contributed by atoms with Crippen molar-refractivity contribution in [1.29, 1.82) is 0 Å². The molecule has 0 aromatic heterocycles. The number of hydrogen-bond donors (Lipinski definition) is 1. The molecule has 9 nitrogen and oxygen atoms in total. The van der Waals surface area contributed by atoms with Crippen LogP contribution in [-0.4, -0.2) is 65.8 Å². The van der Waals surface area contributed by atoms with Gasteiger partial charge in [-0.05, 0) is 57.4 Å². The molecule has 0 spiro atoms. The highest BCUT2D eigenvalue weighted by Crippen LogP contribution is 2.52. The Bertz CT molecular complexity index is 787. The number of amides is 1. The van der Waals surface area contributed by atoms with Crippen LogP contribution in [0.2, 0.25) is 0 Å². The predicted octanol–water partition coefficient (Wildman–Crippen LogP) is 2.65. The third kappa shape index (κ3) is 4.12. The number of hydrogen-bond acceptors (Lipinski definition) is 8. The zero-order valence-corrected chi connectivity index (χ0v) is 19.0. The molecule has 4 aliphatic rings. The average Bonchev–Trinajstić information content (AvgIpc) is 3.04. The minimum atomic E-state index is -1.17. The molecule has 4 unspecified atom stereocenters. The van der Waals surface area contributed by atoms with E-state index in [0.717, 1.165) is 56.9 Å². The summed E-state index contributed by atoms with van der Waals surface area (Å²) in [7, 11) is 1.58. The van der Waals surface area contributed by atoms with Crippen molar-refractivity contribution in [2.45, 2.75) is 95.9 Å². The van der Waals surface area contributed by atoms with Crippen LogP contribution in [0.15, 0.2) is 11.3 Å². The van der Waals surface area contributed by atoms with E-state index in [1.54, 1.807) is 14.0 Å². The van der Waals surface area contributed by atoms with Crippen molar-refractivity contribution < 1.29 is 38.4 Å². The summed E-state index contributed by atoms with van der Waals surface area (Å²) in [4.78, 5) is 39.5. The number of β-lactam (4-membered cyclic amide) rings is 1. The van der Waals surface area contributed by atoms with Gasteiger partial charge in [-0.1, -0.05) is 6.42 Å². The molecule has 1 N–H and O–H groups in total. The summed E-state index contributed by atoms with van der Waals surface area (Å²) in [6.45, 7) is 3.04. The number of ether oxygens (including phenoxy) is 4. The van der Waals surface area contributed by atoms with E-state index < -0.39 is 30.4 Å². The fourth-order valence-electron chi connectivity index (χ4n) is 5.78. The first-order valence-corrected chi connectivity index (χ1v) is 11.7. The number of nitrogens with zero attached hydrogens (tertiary/aromatic N) is 1. The molecule has 0 aromatic carbocycles. The SMILES string of the molecule is COC1CCCC2C1=C(C(=O)O[C@H](C)OC(=O)OC1CCCCC1)N1C(=O)C([C@@H](C)O)C21. The van der Waals surface area contributed by atoms with Crippen LogP contribution in [0.5, 0.6) is 0 Å². The molecule has 0 radical (unpaired) electrons. The molecule has 0 aromatic rings. The van der Waals surface area contributed by atoms with Crippen LogP contribution in [0.1, 0.15) is 65.2 Å². The van der Waals surface area contributed by atoms with Gasteiger partial charge in [0, 0.05) is 20.0 Å². The fourth-order valence-corrected chi connectivity index (χ4v) is 5.78. The highest BCUT2D eigenvalue weighted by Gasteiger charge is 2.62. The molecular weight excluding hydrogens is 418 g/mol.